The number of hydrogen-bond acceptors (Lipinski definition) is 5. The summed E-state index contributed by atoms with van der Waals surface area (Å²) in [5.74, 6) is -0.763. The molecule has 0 aromatic heterocycles. The van der Waals surface area contributed by atoms with E-state index >= 15 is 0 Å². The van der Waals surface area contributed by atoms with E-state index in [1.54, 1.807) is 18.2 Å². The summed E-state index contributed by atoms with van der Waals surface area (Å²) in [6, 6.07) is 4.82. The second-order valence-corrected chi connectivity index (χ2v) is 4.08. The predicted molar refractivity (Wildman–Crippen MR) is 72.9 cm³/mol. The Balaban J connectivity index is 2.76. The number of aliphatic hydroxyl groups is 1. The third-order valence-electron chi connectivity index (χ3n) is 2.42. The molecular weight excluding hydrogens is 264 g/mol. The molecule has 0 aliphatic carbocycles. The van der Waals surface area contributed by atoms with E-state index in [-0.39, 0.29) is 6.54 Å². The molecule has 0 spiro atoms. The van der Waals surface area contributed by atoms with Crippen LogP contribution in [0, 0.1) is 0 Å². The molecule has 2 amide bonds. The molecule has 3 N–H and O–H groups in total. The first-order valence-electron chi connectivity index (χ1n) is 5.97. The SMILES string of the molecule is COc1ccc(OC)c(NC(=O)C(=O)NC[C@H](C)O)c1. The molecule has 0 unspecified atom stereocenters. The molecule has 1 aromatic carbocycles. The lowest BCUT2D eigenvalue weighted by Gasteiger charge is -2.12. The quantitative estimate of drug-likeness (QED) is 0.667. The monoisotopic (exact) mass is 282 g/mol. The van der Waals surface area contributed by atoms with Crippen molar-refractivity contribution >= 4 is 17.5 Å². The Bertz CT molecular complexity index is 488. The minimum absolute atomic E-state index is 0.00149. The number of benzene rings is 1. The Morgan fingerprint density at radius 1 is 1.25 bits per heavy atom. The average molecular weight is 282 g/mol. The summed E-state index contributed by atoms with van der Waals surface area (Å²) in [7, 11) is 2.94. The highest BCUT2D eigenvalue weighted by Gasteiger charge is 2.16. The number of anilines is 1. The van der Waals surface area contributed by atoms with Crippen molar-refractivity contribution < 1.29 is 24.2 Å². The fourth-order valence-corrected chi connectivity index (χ4v) is 1.41. The van der Waals surface area contributed by atoms with Crippen LogP contribution in [0.2, 0.25) is 0 Å². The summed E-state index contributed by atoms with van der Waals surface area (Å²) < 4.78 is 10.1. The van der Waals surface area contributed by atoms with Gasteiger partial charge in [0.25, 0.3) is 0 Å². The zero-order valence-electron chi connectivity index (χ0n) is 11.6. The molecule has 110 valence electrons. The van der Waals surface area contributed by atoms with Crippen molar-refractivity contribution in [2.75, 3.05) is 26.1 Å². The van der Waals surface area contributed by atoms with Crippen LogP contribution in [0.15, 0.2) is 18.2 Å². The Labute approximate surface area is 116 Å². The molecular formula is C13H18N2O5. The molecule has 0 radical (unpaired) electrons. The standard InChI is InChI=1S/C13H18N2O5/c1-8(16)7-14-12(17)13(18)15-10-6-9(19-2)4-5-11(10)20-3/h4-6,8,16H,7H2,1-3H3,(H,14,17)(H,15,18)/t8-/m0/s1. The number of rotatable bonds is 5. The normalized spacial score (nSPS) is 11.4. The highest BCUT2D eigenvalue weighted by molar-refractivity contribution is 6.39. The van der Waals surface area contributed by atoms with Gasteiger partial charge in [0.05, 0.1) is 26.0 Å². The Kier molecular flexibility index (Phi) is 5.79. The Morgan fingerprint density at radius 2 is 1.95 bits per heavy atom. The molecule has 20 heavy (non-hydrogen) atoms. The van der Waals surface area contributed by atoms with Crippen molar-refractivity contribution in [3.8, 4) is 11.5 Å². The highest BCUT2D eigenvalue weighted by Crippen LogP contribution is 2.28. The van der Waals surface area contributed by atoms with Crippen molar-refractivity contribution in [2.24, 2.45) is 0 Å². The third-order valence-corrected chi connectivity index (χ3v) is 2.42. The summed E-state index contributed by atoms with van der Waals surface area (Å²) >= 11 is 0. The van der Waals surface area contributed by atoms with E-state index in [0.29, 0.717) is 17.2 Å². The van der Waals surface area contributed by atoms with E-state index in [4.69, 9.17) is 14.6 Å². The molecule has 1 atom stereocenters. The lowest BCUT2D eigenvalue weighted by molar-refractivity contribution is -0.136. The summed E-state index contributed by atoms with van der Waals surface area (Å²) in [4.78, 5) is 23.2. The highest BCUT2D eigenvalue weighted by atomic mass is 16.5. The number of hydrogen-bond donors (Lipinski definition) is 3. The van der Waals surface area contributed by atoms with Crippen LogP contribution in [0.3, 0.4) is 0 Å². The van der Waals surface area contributed by atoms with E-state index in [2.05, 4.69) is 10.6 Å². The first-order valence-corrected chi connectivity index (χ1v) is 5.97. The van der Waals surface area contributed by atoms with Gasteiger partial charge >= 0.3 is 11.8 Å². The maximum atomic E-state index is 11.7. The van der Waals surface area contributed by atoms with E-state index in [1.807, 2.05) is 0 Å². The Hall–Kier alpha value is -2.28. The van der Waals surface area contributed by atoms with Crippen molar-refractivity contribution in [1.29, 1.82) is 0 Å². The largest absolute Gasteiger partial charge is 0.497 e. The fourth-order valence-electron chi connectivity index (χ4n) is 1.41. The van der Waals surface area contributed by atoms with E-state index in [0.717, 1.165) is 0 Å². The summed E-state index contributed by atoms with van der Waals surface area (Å²) in [5.41, 5.74) is 0.323. The maximum absolute atomic E-state index is 11.7. The van der Waals surface area contributed by atoms with Crippen molar-refractivity contribution in [3.63, 3.8) is 0 Å². The minimum atomic E-state index is -0.850. The van der Waals surface area contributed by atoms with Crippen molar-refractivity contribution in [3.05, 3.63) is 18.2 Å². The number of methoxy groups -OCH3 is 2. The van der Waals surface area contributed by atoms with Gasteiger partial charge in [-0.2, -0.15) is 0 Å². The van der Waals surface area contributed by atoms with Crippen molar-refractivity contribution in [1.82, 2.24) is 5.32 Å². The van der Waals surface area contributed by atoms with Gasteiger partial charge in [-0.1, -0.05) is 0 Å². The molecule has 0 saturated heterocycles. The van der Waals surface area contributed by atoms with Crippen LogP contribution in [0.25, 0.3) is 0 Å². The van der Waals surface area contributed by atoms with Gasteiger partial charge in [0.15, 0.2) is 0 Å². The van der Waals surface area contributed by atoms with Crippen LogP contribution in [0.1, 0.15) is 6.92 Å². The first kappa shape index (κ1) is 15.8. The zero-order valence-corrected chi connectivity index (χ0v) is 11.6. The molecule has 7 heteroatoms. The van der Waals surface area contributed by atoms with E-state index in [1.165, 1.54) is 21.1 Å². The van der Waals surface area contributed by atoms with Crippen LogP contribution in [0.4, 0.5) is 5.69 Å². The molecule has 0 fully saturated rings. The molecule has 1 aromatic rings. The van der Waals surface area contributed by atoms with Crippen molar-refractivity contribution in [2.45, 2.75) is 13.0 Å². The first-order chi connectivity index (χ1) is 9.47. The molecule has 0 bridgehead atoms. The van der Waals surface area contributed by atoms with Crippen LogP contribution < -0.4 is 20.1 Å². The second kappa shape index (κ2) is 7.34. The van der Waals surface area contributed by atoms with Gasteiger partial charge in [-0.3, -0.25) is 9.59 Å². The average Bonchev–Trinajstić information content (AvgIpc) is 2.44. The number of carbonyl (C=O) groups is 2. The molecule has 0 saturated carbocycles. The molecule has 1 rings (SSSR count). The lowest BCUT2D eigenvalue weighted by Crippen LogP contribution is -2.38. The predicted octanol–water partition coefficient (Wildman–Crippen LogP) is 0.139. The number of aliphatic hydroxyl groups excluding tert-OH is 1. The summed E-state index contributed by atoms with van der Waals surface area (Å²) in [5, 5.41) is 13.8. The second-order valence-electron chi connectivity index (χ2n) is 4.08. The smallest absolute Gasteiger partial charge is 0.313 e. The maximum Gasteiger partial charge on any atom is 0.313 e. The summed E-state index contributed by atoms with van der Waals surface area (Å²) in [6.45, 7) is 1.50. The topological polar surface area (TPSA) is 96.9 Å². The van der Waals surface area contributed by atoms with Gasteiger partial charge in [0.2, 0.25) is 0 Å². The molecule has 0 aliphatic heterocycles. The van der Waals surface area contributed by atoms with Crippen LogP contribution in [-0.2, 0) is 9.59 Å². The zero-order chi connectivity index (χ0) is 15.1. The fraction of sp³-hybridized carbons (Fsp3) is 0.385. The van der Waals surface area contributed by atoms with Gasteiger partial charge in [-0.05, 0) is 19.1 Å². The van der Waals surface area contributed by atoms with E-state index in [9.17, 15) is 9.59 Å². The van der Waals surface area contributed by atoms with Crippen LogP contribution >= 0.6 is 0 Å². The van der Waals surface area contributed by atoms with Crippen LogP contribution in [-0.4, -0.2) is 43.8 Å². The van der Waals surface area contributed by atoms with Gasteiger partial charge in [0, 0.05) is 12.6 Å². The van der Waals surface area contributed by atoms with Crippen LogP contribution in [0.5, 0.6) is 11.5 Å². The third kappa shape index (κ3) is 4.43. The summed E-state index contributed by atoms with van der Waals surface area (Å²) in [6.07, 6.45) is -0.724. The number of amides is 2. The number of ether oxygens (including phenoxy) is 2. The Morgan fingerprint density at radius 3 is 2.50 bits per heavy atom. The number of carbonyl (C=O) groups excluding carboxylic acids is 2. The lowest BCUT2D eigenvalue weighted by atomic mass is 10.2. The minimum Gasteiger partial charge on any atom is -0.497 e. The molecule has 0 heterocycles. The molecule has 0 aliphatic rings. The van der Waals surface area contributed by atoms with E-state index < -0.39 is 17.9 Å². The van der Waals surface area contributed by atoms with Gasteiger partial charge < -0.3 is 25.2 Å². The van der Waals surface area contributed by atoms with Gasteiger partial charge in [0.1, 0.15) is 11.5 Å². The molecule has 7 nitrogen and oxygen atoms in total. The number of nitrogens with one attached hydrogen (secondary N) is 2. The van der Waals surface area contributed by atoms with Gasteiger partial charge in [-0.25, -0.2) is 0 Å². The van der Waals surface area contributed by atoms with Gasteiger partial charge in [-0.15, -0.1) is 0 Å².